The molecule has 0 aromatic rings. The molecule has 2 aliphatic rings. The highest BCUT2D eigenvalue weighted by molar-refractivity contribution is 5.83. The van der Waals surface area contributed by atoms with Crippen LogP contribution in [0.1, 0.15) is 32.6 Å². The van der Waals surface area contributed by atoms with E-state index >= 15 is 0 Å². The molecule has 0 saturated carbocycles. The van der Waals surface area contributed by atoms with E-state index in [1.165, 1.54) is 0 Å². The van der Waals surface area contributed by atoms with Crippen molar-refractivity contribution >= 4 is 11.7 Å². The topological polar surface area (TPSA) is 46.6 Å². The Hall–Kier alpha value is -1.16. The Balaban J connectivity index is 1.66. The fraction of sp³-hybridized carbons (Fsp3) is 0.733. The van der Waals surface area contributed by atoms with E-state index in [1.54, 1.807) is 4.90 Å². The number of carbonyl (C=O) groups is 2. The van der Waals surface area contributed by atoms with E-state index < -0.39 is 0 Å². The van der Waals surface area contributed by atoms with Crippen molar-refractivity contribution in [2.45, 2.75) is 32.6 Å². The first kappa shape index (κ1) is 14.3. The van der Waals surface area contributed by atoms with Gasteiger partial charge in [-0.1, -0.05) is 19.1 Å². The standard InChI is InChI=1S/C15H23NO3/c1-12-4-2-3-5-13(12)10-19-11-15(18)16-8-6-14(17)7-9-16/h2-3,12-13H,4-11H2,1H3. The van der Waals surface area contributed by atoms with Gasteiger partial charge in [-0.3, -0.25) is 9.59 Å². The van der Waals surface area contributed by atoms with E-state index in [0.717, 1.165) is 12.8 Å². The number of hydrogen-bond donors (Lipinski definition) is 0. The molecule has 1 aliphatic heterocycles. The molecule has 0 radical (unpaired) electrons. The SMILES string of the molecule is CC1CC=CCC1COCC(=O)N1CCC(=O)CC1. The molecule has 2 unspecified atom stereocenters. The minimum Gasteiger partial charge on any atom is -0.371 e. The molecule has 0 N–H and O–H groups in total. The first-order valence-corrected chi connectivity index (χ1v) is 7.19. The first-order valence-electron chi connectivity index (χ1n) is 7.19. The van der Waals surface area contributed by atoms with Crippen LogP contribution in [0.5, 0.6) is 0 Å². The number of ketones is 1. The largest absolute Gasteiger partial charge is 0.371 e. The van der Waals surface area contributed by atoms with E-state index in [1.807, 2.05) is 0 Å². The van der Waals surface area contributed by atoms with Crippen molar-refractivity contribution in [2.75, 3.05) is 26.3 Å². The van der Waals surface area contributed by atoms with Gasteiger partial charge >= 0.3 is 0 Å². The van der Waals surface area contributed by atoms with Crippen LogP contribution in [0.2, 0.25) is 0 Å². The zero-order valence-electron chi connectivity index (χ0n) is 11.6. The van der Waals surface area contributed by atoms with Gasteiger partial charge in [-0.15, -0.1) is 0 Å². The number of nitrogens with zero attached hydrogens (tertiary/aromatic N) is 1. The monoisotopic (exact) mass is 265 g/mol. The smallest absolute Gasteiger partial charge is 0.248 e. The molecule has 1 saturated heterocycles. The molecule has 1 amide bonds. The highest BCUT2D eigenvalue weighted by Crippen LogP contribution is 2.24. The molecule has 1 fully saturated rings. The zero-order chi connectivity index (χ0) is 13.7. The lowest BCUT2D eigenvalue weighted by Crippen LogP contribution is -2.40. The quantitative estimate of drug-likeness (QED) is 0.728. The van der Waals surface area contributed by atoms with Crippen molar-refractivity contribution in [1.82, 2.24) is 4.90 Å². The van der Waals surface area contributed by atoms with Gasteiger partial charge in [-0.2, -0.15) is 0 Å². The summed E-state index contributed by atoms with van der Waals surface area (Å²) in [5.41, 5.74) is 0. The number of carbonyl (C=O) groups excluding carboxylic acids is 2. The third kappa shape index (κ3) is 4.16. The summed E-state index contributed by atoms with van der Waals surface area (Å²) in [6, 6.07) is 0. The lowest BCUT2D eigenvalue weighted by molar-refractivity contribution is -0.139. The molecule has 19 heavy (non-hydrogen) atoms. The number of ether oxygens (including phenoxy) is 1. The van der Waals surface area contributed by atoms with E-state index in [2.05, 4.69) is 19.1 Å². The van der Waals surface area contributed by atoms with Crippen molar-refractivity contribution in [2.24, 2.45) is 11.8 Å². The highest BCUT2D eigenvalue weighted by atomic mass is 16.5. The summed E-state index contributed by atoms with van der Waals surface area (Å²) in [5, 5.41) is 0. The maximum atomic E-state index is 11.9. The van der Waals surface area contributed by atoms with Gasteiger partial charge in [0.25, 0.3) is 0 Å². The average molecular weight is 265 g/mol. The lowest BCUT2D eigenvalue weighted by atomic mass is 9.85. The van der Waals surface area contributed by atoms with Crippen molar-refractivity contribution in [3.8, 4) is 0 Å². The molecular weight excluding hydrogens is 242 g/mol. The minimum atomic E-state index is 0.0199. The number of amides is 1. The Morgan fingerprint density at radius 2 is 2.00 bits per heavy atom. The van der Waals surface area contributed by atoms with Crippen LogP contribution >= 0.6 is 0 Å². The van der Waals surface area contributed by atoms with Gasteiger partial charge in [-0.25, -0.2) is 0 Å². The normalized spacial score (nSPS) is 27.6. The fourth-order valence-electron chi connectivity index (χ4n) is 2.63. The number of likely N-dealkylation sites (tertiary alicyclic amines) is 1. The summed E-state index contributed by atoms with van der Waals surface area (Å²) < 4.78 is 5.58. The van der Waals surface area contributed by atoms with Gasteiger partial charge in [0, 0.05) is 25.9 Å². The van der Waals surface area contributed by atoms with E-state index in [-0.39, 0.29) is 18.3 Å². The van der Waals surface area contributed by atoms with Gasteiger partial charge in [0.2, 0.25) is 5.91 Å². The van der Waals surface area contributed by atoms with Gasteiger partial charge < -0.3 is 9.64 Å². The molecule has 2 atom stereocenters. The maximum absolute atomic E-state index is 11.9. The molecular formula is C15H23NO3. The summed E-state index contributed by atoms with van der Waals surface area (Å²) in [4.78, 5) is 24.8. The van der Waals surface area contributed by atoms with Crippen LogP contribution in [-0.2, 0) is 14.3 Å². The molecule has 4 nitrogen and oxygen atoms in total. The molecule has 2 rings (SSSR count). The second-order valence-electron chi connectivity index (χ2n) is 5.61. The Labute approximate surface area is 114 Å². The molecule has 0 bridgehead atoms. The molecule has 4 heteroatoms. The van der Waals surface area contributed by atoms with Crippen LogP contribution in [0.3, 0.4) is 0 Å². The van der Waals surface area contributed by atoms with Crippen molar-refractivity contribution < 1.29 is 14.3 Å². The highest BCUT2D eigenvalue weighted by Gasteiger charge is 2.22. The second kappa shape index (κ2) is 6.85. The van der Waals surface area contributed by atoms with Crippen molar-refractivity contribution in [1.29, 1.82) is 0 Å². The van der Waals surface area contributed by atoms with Crippen LogP contribution < -0.4 is 0 Å². The molecule has 106 valence electrons. The molecule has 1 aliphatic carbocycles. The van der Waals surface area contributed by atoms with E-state index in [4.69, 9.17) is 4.74 Å². The summed E-state index contributed by atoms with van der Waals surface area (Å²) in [7, 11) is 0. The van der Waals surface area contributed by atoms with Crippen LogP contribution in [0, 0.1) is 11.8 Å². The summed E-state index contributed by atoms with van der Waals surface area (Å²) in [6.07, 6.45) is 7.57. The van der Waals surface area contributed by atoms with Crippen LogP contribution in [0.4, 0.5) is 0 Å². The lowest BCUT2D eigenvalue weighted by Gasteiger charge is -2.27. The van der Waals surface area contributed by atoms with Gasteiger partial charge in [0.1, 0.15) is 12.4 Å². The van der Waals surface area contributed by atoms with Crippen LogP contribution in [0.15, 0.2) is 12.2 Å². The van der Waals surface area contributed by atoms with Gasteiger partial charge in [0.15, 0.2) is 0 Å². The maximum Gasteiger partial charge on any atom is 0.248 e. The zero-order valence-corrected chi connectivity index (χ0v) is 11.6. The third-order valence-corrected chi connectivity index (χ3v) is 4.15. The number of rotatable bonds is 4. The molecule has 1 heterocycles. The van der Waals surface area contributed by atoms with Crippen LogP contribution in [0.25, 0.3) is 0 Å². The number of Topliss-reactive ketones (excluding diaryl/α,β-unsaturated/α-hetero) is 1. The number of allylic oxidation sites excluding steroid dienone is 2. The predicted molar refractivity (Wildman–Crippen MR) is 72.7 cm³/mol. The van der Waals surface area contributed by atoms with E-state index in [0.29, 0.717) is 44.4 Å². The third-order valence-electron chi connectivity index (χ3n) is 4.15. The Kier molecular flexibility index (Phi) is 5.14. The predicted octanol–water partition coefficient (Wildman–Crippen LogP) is 1.80. The molecule has 0 spiro atoms. The minimum absolute atomic E-state index is 0.0199. The first-order chi connectivity index (χ1) is 9.16. The Morgan fingerprint density at radius 1 is 1.32 bits per heavy atom. The van der Waals surface area contributed by atoms with E-state index in [9.17, 15) is 9.59 Å². The van der Waals surface area contributed by atoms with Crippen molar-refractivity contribution in [3.05, 3.63) is 12.2 Å². The number of piperidine rings is 1. The summed E-state index contributed by atoms with van der Waals surface area (Å²) >= 11 is 0. The van der Waals surface area contributed by atoms with Gasteiger partial charge in [0.05, 0.1) is 6.61 Å². The fourth-order valence-corrected chi connectivity index (χ4v) is 2.63. The molecule has 0 aromatic heterocycles. The van der Waals surface area contributed by atoms with Gasteiger partial charge in [-0.05, 0) is 24.7 Å². The van der Waals surface area contributed by atoms with Crippen molar-refractivity contribution in [3.63, 3.8) is 0 Å². The summed E-state index contributed by atoms with van der Waals surface area (Å²) in [5.74, 6) is 1.44. The second-order valence-corrected chi connectivity index (χ2v) is 5.61. The summed E-state index contributed by atoms with van der Waals surface area (Å²) in [6.45, 7) is 4.16. The average Bonchev–Trinajstić information content (AvgIpc) is 2.41. The number of hydrogen-bond acceptors (Lipinski definition) is 3. The molecule has 0 aromatic carbocycles. The Morgan fingerprint density at radius 3 is 2.68 bits per heavy atom. The Bertz CT molecular complexity index is 354. The van der Waals surface area contributed by atoms with Crippen LogP contribution in [-0.4, -0.2) is 42.9 Å².